The van der Waals surface area contributed by atoms with Crippen LogP contribution < -0.4 is 5.32 Å². The van der Waals surface area contributed by atoms with Crippen LogP contribution in [0.5, 0.6) is 0 Å². The fourth-order valence-corrected chi connectivity index (χ4v) is 3.29. The first-order valence-corrected chi connectivity index (χ1v) is 8.44. The minimum atomic E-state index is -0.468. The number of para-hydroxylation sites is 1. The van der Waals surface area contributed by atoms with E-state index >= 15 is 0 Å². The van der Waals surface area contributed by atoms with Gasteiger partial charge in [0, 0.05) is 30.3 Å². The van der Waals surface area contributed by atoms with Crippen LogP contribution in [0, 0.1) is 5.82 Å². The number of rotatable bonds is 3. The lowest BCUT2D eigenvalue weighted by atomic mass is 10.1. The van der Waals surface area contributed by atoms with Crippen LogP contribution in [0.15, 0.2) is 28.7 Å². The Morgan fingerprint density at radius 2 is 2.24 bits per heavy atom. The maximum atomic E-state index is 13.7. The highest BCUT2D eigenvalue weighted by molar-refractivity contribution is 5.96. The van der Waals surface area contributed by atoms with Gasteiger partial charge >= 0.3 is 0 Å². The van der Waals surface area contributed by atoms with Crippen molar-refractivity contribution in [1.82, 2.24) is 20.1 Å². The number of aromatic nitrogens is 3. The molecule has 0 bridgehead atoms. The van der Waals surface area contributed by atoms with E-state index in [0.29, 0.717) is 11.9 Å². The highest BCUT2D eigenvalue weighted by Crippen LogP contribution is 2.23. The first-order chi connectivity index (χ1) is 12.0. The summed E-state index contributed by atoms with van der Waals surface area (Å²) in [5, 5.41) is 12.0. The van der Waals surface area contributed by atoms with Crippen molar-refractivity contribution in [2.75, 3.05) is 0 Å². The second-order valence-corrected chi connectivity index (χ2v) is 6.72. The highest BCUT2D eigenvalue weighted by atomic mass is 19.1. The van der Waals surface area contributed by atoms with E-state index in [4.69, 9.17) is 4.42 Å². The lowest BCUT2D eigenvalue weighted by Gasteiger charge is -2.25. The number of amides is 1. The first-order valence-electron chi connectivity index (χ1n) is 8.44. The minimum absolute atomic E-state index is 0.0356. The average Bonchev–Trinajstić information content (AvgIpc) is 3.19. The number of carbonyl (C=O) groups excluding carboxylic acids is 1. The van der Waals surface area contributed by atoms with Crippen LogP contribution in [0.4, 0.5) is 4.39 Å². The summed E-state index contributed by atoms with van der Waals surface area (Å²) in [4.78, 5) is 12.5. The van der Waals surface area contributed by atoms with E-state index in [1.807, 2.05) is 0 Å². The Morgan fingerprint density at radius 3 is 3.00 bits per heavy atom. The molecule has 1 atom stereocenters. The largest absolute Gasteiger partial charge is 0.448 e. The number of nitrogens with one attached hydrogen (secondary N) is 1. The Kier molecular flexibility index (Phi) is 3.78. The maximum absolute atomic E-state index is 13.7. The second kappa shape index (κ2) is 5.98. The third-order valence-electron chi connectivity index (χ3n) is 4.55. The third-order valence-corrected chi connectivity index (χ3v) is 4.55. The summed E-state index contributed by atoms with van der Waals surface area (Å²) in [5.74, 6) is 1.49. The molecule has 1 N–H and O–H groups in total. The predicted octanol–water partition coefficient (Wildman–Crippen LogP) is 3.03. The molecular weight excluding hydrogens is 323 g/mol. The summed E-state index contributed by atoms with van der Waals surface area (Å²) in [6, 6.07) is 6.16. The van der Waals surface area contributed by atoms with Gasteiger partial charge in [-0.3, -0.25) is 4.79 Å². The van der Waals surface area contributed by atoms with Crippen LogP contribution in [0.2, 0.25) is 0 Å². The fraction of sp³-hybridized carbons (Fsp3) is 0.389. The summed E-state index contributed by atoms with van der Waals surface area (Å²) in [5.41, 5.74) is 0.111. The normalized spacial score (nSPS) is 17.0. The molecule has 0 unspecified atom stereocenters. The van der Waals surface area contributed by atoms with Gasteiger partial charge in [-0.25, -0.2) is 4.39 Å². The number of aryl methyl sites for hydroxylation is 1. The zero-order valence-corrected chi connectivity index (χ0v) is 14.1. The topological polar surface area (TPSA) is 73.0 Å². The molecule has 0 aliphatic carbocycles. The van der Waals surface area contributed by atoms with Crippen LogP contribution >= 0.6 is 0 Å². The summed E-state index contributed by atoms with van der Waals surface area (Å²) in [6.07, 6.45) is 1.55. The number of fused-ring (bicyclic) bond motifs is 2. The molecule has 25 heavy (non-hydrogen) atoms. The molecule has 1 aliphatic heterocycles. The van der Waals surface area contributed by atoms with Crippen molar-refractivity contribution in [2.24, 2.45) is 0 Å². The molecular formula is C18H19FN4O2. The molecule has 2 aromatic heterocycles. The molecule has 6 nitrogen and oxygen atoms in total. The van der Waals surface area contributed by atoms with Gasteiger partial charge in [0.25, 0.3) is 5.91 Å². The smallest absolute Gasteiger partial charge is 0.287 e. The van der Waals surface area contributed by atoms with Crippen LogP contribution in [0.3, 0.4) is 0 Å². The summed E-state index contributed by atoms with van der Waals surface area (Å²) in [6.45, 7) is 4.78. The van der Waals surface area contributed by atoms with E-state index in [9.17, 15) is 9.18 Å². The quantitative estimate of drug-likeness (QED) is 0.794. The number of carbonyl (C=O) groups is 1. The Labute approximate surface area is 144 Å². The van der Waals surface area contributed by atoms with Crippen LogP contribution in [0.1, 0.15) is 48.4 Å². The van der Waals surface area contributed by atoms with Gasteiger partial charge in [0.05, 0.1) is 0 Å². The van der Waals surface area contributed by atoms with Gasteiger partial charge in [0.1, 0.15) is 11.6 Å². The van der Waals surface area contributed by atoms with Gasteiger partial charge in [-0.1, -0.05) is 26.0 Å². The average molecular weight is 342 g/mol. The molecule has 1 amide bonds. The molecule has 7 heteroatoms. The van der Waals surface area contributed by atoms with E-state index in [0.717, 1.165) is 24.5 Å². The van der Waals surface area contributed by atoms with E-state index in [2.05, 4.69) is 33.9 Å². The molecule has 130 valence electrons. The predicted molar refractivity (Wildman–Crippen MR) is 89.9 cm³/mol. The molecule has 3 aromatic rings. The number of nitrogens with zero attached hydrogens (tertiary/aromatic N) is 3. The standard InChI is InChI=1S/C18H19FN4O2/c1-10(2)17-22-21-15-7-6-12(9-23(15)17)20-18(24)14-8-11-4-3-5-13(19)16(11)25-14/h3-5,8,10,12H,6-7,9H2,1-2H3,(H,20,24)/t12-/m0/s1. The number of halogens is 1. The summed E-state index contributed by atoms with van der Waals surface area (Å²) >= 11 is 0. The lowest BCUT2D eigenvalue weighted by Crippen LogP contribution is -2.41. The molecule has 4 rings (SSSR count). The molecule has 0 saturated carbocycles. The SMILES string of the molecule is CC(C)c1nnc2n1C[C@@H](NC(=O)c1cc3cccc(F)c3o1)CC2. The first kappa shape index (κ1) is 15.8. The molecule has 1 aromatic carbocycles. The molecule has 0 fully saturated rings. The monoisotopic (exact) mass is 342 g/mol. The van der Waals surface area contributed by atoms with Gasteiger partial charge in [-0.2, -0.15) is 0 Å². The van der Waals surface area contributed by atoms with Gasteiger partial charge in [0.15, 0.2) is 17.2 Å². The molecule has 0 saturated heterocycles. The van der Waals surface area contributed by atoms with E-state index in [1.165, 1.54) is 6.07 Å². The van der Waals surface area contributed by atoms with Crippen molar-refractivity contribution in [3.8, 4) is 0 Å². The minimum Gasteiger partial charge on any atom is -0.448 e. The van der Waals surface area contributed by atoms with Crippen molar-refractivity contribution in [3.05, 3.63) is 47.5 Å². The van der Waals surface area contributed by atoms with Crippen molar-refractivity contribution in [3.63, 3.8) is 0 Å². The van der Waals surface area contributed by atoms with Gasteiger partial charge < -0.3 is 14.3 Å². The Balaban J connectivity index is 1.52. The molecule has 1 aliphatic rings. The summed E-state index contributed by atoms with van der Waals surface area (Å²) in [7, 11) is 0. The van der Waals surface area contributed by atoms with E-state index in [1.54, 1.807) is 18.2 Å². The maximum Gasteiger partial charge on any atom is 0.287 e. The zero-order valence-electron chi connectivity index (χ0n) is 14.1. The van der Waals surface area contributed by atoms with Crippen LogP contribution in [0.25, 0.3) is 11.0 Å². The lowest BCUT2D eigenvalue weighted by molar-refractivity contribution is 0.0901. The number of benzene rings is 1. The molecule has 3 heterocycles. The van der Waals surface area contributed by atoms with Gasteiger partial charge in [0.2, 0.25) is 0 Å². The van der Waals surface area contributed by atoms with E-state index < -0.39 is 5.82 Å². The number of hydrogen-bond acceptors (Lipinski definition) is 4. The van der Waals surface area contributed by atoms with Gasteiger partial charge in [-0.15, -0.1) is 10.2 Å². The zero-order chi connectivity index (χ0) is 17.6. The van der Waals surface area contributed by atoms with Gasteiger partial charge in [-0.05, 0) is 18.6 Å². The number of furan rings is 1. The second-order valence-electron chi connectivity index (χ2n) is 6.72. The van der Waals surface area contributed by atoms with Crippen molar-refractivity contribution in [2.45, 2.75) is 45.2 Å². The Hall–Kier alpha value is -2.70. The Bertz CT molecular complexity index is 944. The Morgan fingerprint density at radius 1 is 1.40 bits per heavy atom. The molecule has 0 radical (unpaired) electrons. The number of hydrogen-bond donors (Lipinski definition) is 1. The summed E-state index contributed by atoms with van der Waals surface area (Å²) < 4.78 is 21.2. The third kappa shape index (κ3) is 2.79. The van der Waals surface area contributed by atoms with Crippen molar-refractivity contribution < 1.29 is 13.6 Å². The highest BCUT2D eigenvalue weighted by Gasteiger charge is 2.26. The van der Waals surface area contributed by atoms with Crippen LogP contribution in [-0.2, 0) is 13.0 Å². The van der Waals surface area contributed by atoms with Crippen molar-refractivity contribution in [1.29, 1.82) is 0 Å². The van der Waals surface area contributed by atoms with E-state index in [-0.39, 0.29) is 29.2 Å². The fourth-order valence-electron chi connectivity index (χ4n) is 3.29. The van der Waals surface area contributed by atoms with Crippen LogP contribution in [-0.4, -0.2) is 26.7 Å². The van der Waals surface area contributed by atoms with Crippen molar-refractivity contribution >= 4 is 16.9 Å². The molecule has 0 spiro atoms.